The number of nitrogens with zero attached hydrogens (tertiary/aromatic N) is 4. The molecule has 35 heavy (non-hydrogen) atoms. The normalized spacial score (nSPS) is 20.6. The number of fused-ring (bicyclic) bond motifs is 1. The van der Waals surface area contributed by atoms with Crippen molar-refractivity contribution >= 4 is 22.8 Å². The van der Waals surface area contributed by atoms with Crippen LogP contribution in [0.15, 0.2) is 30.7 Å². The molecule has 2 aromatic heterocycles. The lowest BCUT2D eigenvalue weighted by atomic mass is 9.86. The van der Waals surface area contributed by atoms with Crippen LogP contribution in [0.4, 0.5) is 0 Å². The first-order valence-corrected chi connectivity index (χ1v) is 12.2. The van der Waals surface area contributed by atoms with Crippen LogP contribution in [-0.4, -0.2) is 42.8 Å². The van der Waals surface area contributed by atoms with Crippen molar-refractivity contribution in [3.8, 4) is 11.8 Å². The highest BCUT2D eigenvalue weighted by atomic mass is 16.4. The molecule has 3 aromatic rings. The van der Waals surface area contributed by atoms with Crippen molar-refractivity contribution in [2.75, 3.05) is 0 Å². The van der Waals surface area contributed by atoms with Gasteiger partial charge in [-0.05, 0) is 64.5 Å². The van der Waals surface area contributed by atoms with Gasteiger partial charge < -0.3 is 10.4 Å². The molecule has 2 fully saturated rings. The average Bonchev–Trinajstić information content (AvgIpc) is 3.62. The third kappa shape index (κ3) is 4.63. The van der Waals surface area contributed by atoms with Crippen molar-refractivity contribution in [3.05, 3.63) is 53.2 Å². The van der Waals surface area contributed by atoms with Gasteiger partial charge in [-0.15, -0.1) is 5.92 Å². The number of amides is 1. The Morgan fingerprint density at radius 2 is 1.80 bits per heavy atom. The van der Waals surface area contributed by atoms with Crippen LogP contribution in [-0.2, 0) is 4.79 Å². The number of carboxylic acid groups (broad SMARTS) is 1. The largest absolute Gasteiger partial charge is 0.481 e. The Hall–Kier alpha value is -3.73. The first-order chi connectivity index (χ1) is 17.0. The highest BCUT2D eigenvalue weighted by Crippen LogP contribution is 2.38. The predicted molar refractivity (Wildman–Crippen MR) is 131 cm³/mol. The lowest BCUT2D eigenvalue weighted by Crippen LogP contribution is -2.39. The lowest BCUT2D eigenvalue weighted by molar-refractivity contribution is -0.142. The van der Waals surface area contributed by atoms with Gasteiger partial charge in [-0.2, -0.15) is 5.10 Å². The topological polar surface area (TPSA) is 110 Å². The van der Waals surface area contributed by atoms with E-state index < -0.39 is 5.97 Å². The summed E-state index contributed by atoms with van der Waals surface area (Å²) in [5.74, 6) is 6.18. The first-order valence-electron chi connectivity index (χ1n) is 12.2. The van der Waals surface area contributed by atoms with E-state index in [1.165, 1.54) is 0 Å². The summed E-state index contributed by atoms with van der Waals surface area (Å²) in [4.78, 5) is 33.8. The van der Waals surface area contributed by atoms with Gasteiger partial charge in [0.15, 0.2) is 0 Å². The van der Waals surface area contributed by atoms with E-state index in [-0.39, 0.29) is 23.9 Å². The molecule has 0 bridgehead atoms. The van der Waals surface area contributed by atoms with Gasteiger partial charge in [-0.25, -0.2) is 9.97 Å². The molecule has 8 nitrogen and oxygen atoms in total. The lowest BCUT2D eigenvalue weighted by Gasteiger charge is -2.27. The molecule has 2 N–H and O–H groups in total. The number of rotatable bonds is 6. The quantitative estimate of drug-likeness (QED) is 0.525. The van der Waals surface area contributed by atoms with Crippen LogP contribution in [0.5, 0.6) is 0 Å². The second-order valence-electron chi connectivity index (χ2n) is 9.57. The Morgan fingerprint density at radius 1 is 1.09 bits per heavy atom. The van der Waals surface area contributed by atoms with E-state index in [0.29, 0.717) is 37.2 Å². The minimum absolute atomic E-state index is 0.0413. The fourth-order valence-electron chi connectivity index (χ4n) is 4.89. The second kappa shape index (κ2) is 9.49. The maximum absolute atomic E-state index is 13.4. The number of carboxylic acids is 1. The minimum atomic E-state index is -0.754. The molecule has 0 aliphatic heterocycles. The number of benzene rings is 1. The van der Waals surface area contributed by atoms with E-state index in [9.17, 15) is 14.7 Å². The van der Waals surface area contributed by atoms with Gasteiger partial charge in [0, 0.05) is 40.9 Å². The molecule has 180 valence electrons. The summed E-state index contributed by atoms with van der Waals surface area (Å²) in [7, 11) is 0. The van der Waals surface area contributed by atoms with Crippen LogP contribution in [0, 0.1) is 17.8 Å². The predicted octanol–water partition coefficient (Wildman–Crippen LogP) is 4.06. The van der Waals surface area contributed by atoms with Crippen LogP contribution in [0.25, 0.3) is 10.9 Å². The zero-order valence-corrected chi connectivity index (χ0v) is 20.0. The molecular formula is C27H29N5O3. The summed E-state index contributed by atoms with van der Waals surface area (Å²) in [6.45, 7) is 3.81. The zero-order chi connectivity index (χ0) is 24.5. The molecule has 2 heterocycles. The number of carbonyl (C=O) groups excluding carboxylic acids is 1. The summed E-state index contributed by atoms with van der Waals surface area (Å²) in [6, 6.07) is 3.44. The fraction of sp³-hybridized carbons (Fsp3) is 0.444. The smallest absolute Gasteiger partial charge is 0.306 e. The average molecular weight is 472 g/mol. The molecular weight excluding hydrogens is 442 g/mol. The minimum Gasteiger partial charge on any atom is -0.481 e. The number of nitrogens with one attached hydrogen (secondary N) is 1. The summed E-state index contributed by atoms with van der Waals surface area (Å²) < 4.78 is 1.85. The molecule has 2 aliphatic rings. The third-order valence-corrected chi connectivity index (χ3v) is 7.16. The summed E-state index contributed by atoms with van der Waals surface area (Å²) in [5, 5.41) is 17.9. The Balaban J connectivity index is 1.46. The maximum Gasteiger partial charge on any atom is 0.306 e. The molecule has 0 unspecified atom stereocenters. The Bertz CT molecular complexity index is 1320. The molecule has 0 saturated heterocycles. The van der Waals surface area contributed by atoms with Gasteiger partial charge >= 0.3 is 5.97 Å². The van der Waals surface area contributed by atoms with E-state index in [0.717, 1.165) is 40.7 Å². The van der Waals surface area contributed by atoms with Crippen molar-refractivity contribution < 1.29 is 14.7 Å². The Kier molecular flexibility index (Phi) is 6.25. The van der Waals surface area contributed by atoms with Crippen LogP contribution in [0.1, 0.15) is 91.6 Å². The van der Waals surface area contributed by atoms with E-state index in [4.69, 9.17) is 0 Å². The monoisotopic (exact) mass is 471 g/mol. The fourth-order valence-corrected chi connectivity index (χ4v) is 4.89. The Labute approximate surface area is 204 Å². The molecule has 1 amide bonds. The van der Waals surface area contributed by atoms with Gasteiger partial charge in [0.2, 0.25) is 0 Å². The molecule has 8 heteroatoms. The zero-order valence-electron chi connectivity index (χ0n) is 20.0. The highest BCUT2D eigenvalue weighted by molar-refractivity contribution is 6.07. The van der Waals surface area contributed by atoms with Crippen molar-refractivity contribution in [2.24, 2.45) is 5.92 Å². The number of hydrogen-bond acceptors (Lipinski definition) is 5. The van der Waals surface area contributed by atoms with Gasteiger partial charge in [0.25, 0.3) is 5.91 Å². The van der Waals surface area contributed by atoms with E-state index >= 15 is 0 Å². The molecule has 1 aromatic carbocycles. The van der Waals surface area contributed by atoms with Gasteiger partial charge in [-0.1, -0.05) is 5.92 Å². The van der Waals surface area contributed by atoms with Crippen LogP contribution in [0.3, 0.4) is 0 Å². The summed E-state index contributed by atoms with van der Waals surface area (Å²) >= 11 is 0. The van der Waals surface area contributed by atoms with Crippen molar-refractivity contribution in [3.63, 3.8) is 0 Å². The molecule has 2 saturated carbocycles. The van der Waals surface area contributed by atoms with E-state index in [1.54, 1.807) is 19.2 Å². The first kappa shape index (κ1) is 23.0. The van der Waals surface area contributed by atoms with Crippen LogP contribution < -0.4 is 5.32 Å². The maximum atomic E-state index is 13.4. The number of carbonyl (C=O) groups is 2. The SMILES string of the molecule is CC#Cc1ccc(C(=O)NC2CCC(C(=O)O)CC2)c2c1cnn2[C@@H](C)c1cnc(C2CC2)nc1. The van der Waals surface area contributed by atoms with Gasteiger partial charge in [0.05, 0.1) is 29.2 Å². The molecule has 0 radical (unpaired) electrons. The van der Waals surface area contributed by atoms with Gasteiger partial charge in [-0.3, -0.25) is 14.3 Å². The van der Waals surface area contributed by atoms with Crippen LogP contribution in [0.2, 0.25) is 0 Å². The van der Waals surface area contributed by atoms with Crippen molar-refractivity contribution in [2.45, 2.75) is 70.4 Å². The Morgan fingerprint density at radius 3 is 2.43 bits per heavy atom. The van der Waals surface area contributed by atoms with E-state index in [2.05, 4.69) is 32.2 Å². The number of aromatic nitrogens is 4. The standard InChI is InChI=1S/C27H29N5O3/c1-3-4-17-9-12-22(26(33)31-21-10-7-19(8-11-21)27(34)35)24-23(17)15-30-32(24)16(2)20-13-28-25(29-14-20)18-5-6-18/h9,12-16,18-19,21H,5-8,10-11H2,1-2H3,(H,31,33)(H,34,35)/t16-,19?,21?/m0/s1. The summed E-state index contributed by atoms with van der Waals surface area (Å²) in [6.07, 6.45) is 10.2. The van der Waals surface area contributed by atoms with Crippen molar-refractivity contribution in [1.29, 1.82) is 0 Å². The van der Waals surface area contributed by atoms with E-state index in [1.807, 2.05) is 30.1 Å². The van der Waals surface area contributed by atoms with Crippen molar-refractivity contribution in [1.82, 2.24) is 25.1 Å². The second-order valence-corrected chi connectivity index (χ2v) is 9.57. The molecule has 5 rings (SSSR count). The molecule has 1 atom stereocenters. The van der Waals surface area contributed by atoms with Gasteiger partial charge in [0.1, 0.15) is 5.82 Å². The highest BCUT2D eigenvalue weighted by Gasteiger charge is 2.29. The number of hydrogen-bond donors (Lipinski definition) is 2. The number of aliphatic carboxylic acids is 1. The molecule has 0 spiro atoms. The molecule has 2 aliphatic carbocycles. The summed E-state index contributed by atoms with van der Waals surface area (Å²) in [5.41, 5.74) is 2.99. The van der Waals surface area contributed by atoms with Crippen LogP contribution >= 0.6 is 0 Å². The third-order valence-electron chi connectivity index (χ3n) is 7.16.